The predicted octanol–water partition coefficient (Wildman–Crippen LogP) is -1.02. The molecule has 0 saturated carbocycles. The molecule has 0 aliphatic rings. The zero-order valence-electron chi connectivity index (χ0n) is 5.33. The Hall–Kier alpha value is -0.200. The number of rotatable bonds is 1. The molecule has 5 nitrogen and oxygen atoms in total. The topological polar surface area (TPSA) is 144 Å². The zero-order chi connectivity index (χ0) is 4.28. The van der Waals surface area contributed by atoms with Crippen LogP contribution in [0.2, 0.25) is 0 Å². The van der Waals surface area contributed by atoms with Gasteiger partial charge in [-0.15, -0.1) is 0 Å². The highest BCUT2D eigenvalue weighted by molar-refractivity contribution is 4.19. The van der Waals surface area contributed by atoms with E-state index in [2.05, 4.69) is 5.73 Å². The molecule has 0 aromatic heterocycles. The van der Waals surface area contributed by atoms with Crippen LogP contribution in [-0.4, -0.2) is 22.3 Å². The van der Waals surface area contributed by atoms with Crippen molar-refractivity contribution >= 4 is 0 Å². The van der Waals surface area contributed by atoms with Gasteiger partial charge in [-0.3, -0.25) is 0 Å². The van der Waals surface area contributed by atoms with Gasteiger partial charge in [0.1, 0.15) is 0 Å². The second kappa shape index (κ2) is 15.8. The van der Waals surface area contributed by atoms with Crippen LogP contribution in [-0.2, 0) is 0 Å². The van der Waals surface area contributed by atoms with Crippen LogP contribution in [0.1, 0.15) is 13.3 Å². The van der Waals surface area contributed by atoms with E-state index in [9.17, 15) is 0 Å². The van der Waals surface area contributed by atoms with E-state index >= 15 is 0 Å². The smallest absolute Gasteiger partial charge is 0.185 e. The van der Waals surface area contributed by atoms with Crippen LogP contribution in [0.15, 0.2) is 0 Å². The molecule has 10 N–H and O–H groups in total. The summed E-state index contributed by atoms with van der Waals surface area (Å²) < 4.78 is 0. The van der Waals surface area contributed by atoms with Gasteiger partial charge in [-0.05, 0) is 0 Å². The molecule has 1 atom stereocenters. The van der Waals surface area contributed by atoms with Gasteiger partial charge < -0.3 is 27.9 Å². The number of hydrogen-bond donors (Lipinski definition) is 3. The fraction of sp³-hybridized carbons (Fsp3) is 1.00. The standard InChI is InChI=1S/C3H9NO.H3N.2H2O/c1-2-3(4)5;;;/h3,5H,2,4H2,1H3;1H3;2*1H2. The van der Waals surface area contributed by atoms with Gasteiger partial charge in [-0.25, -0.2) is 0 Å². The average molecular weight is 128 g/mol. The highest BCUT2D eigenvalue weighted by Crippen LogP contribution is 1.69. The van der Waals surface area contributed by atoms with E-state index in [-0.39, 0.29) is 23.3 Å². The van der Waals surface area contributed by atoms with E-state index in [1.165, 1.54) is 0 Å². The molecule has 5 heteroatoms. The fourth-order valence-corrected chi connectivity index (χ4v) is 0. The van der Waals surface area contributed by atoms with Gasteiger partial charge >= 0.3 is 0 Å². The molecule has 8 heavy (non-hydrogen) atoms. The van der Waals surface area contributed by atoms with Gasteiger partial charge in [0, 0.05) is 6.42 Å². The molecule has 0 spiro atoms. The van der Waals surface area contributed by atoms with Crippen molar-refractivity contribution in [3.63, 3.8) is 0 Å². The maximum atomic E-state index is 8.25. The normalized spacial score (nSPS) is 9.38. The molecule has 1 unspecified atom stereocenters. The monoisotopic (exact) mass is 128 g/mol. The Morgan fingerprint density at radius 3 is 1.62 bits per heavy atom. The lowest BCUT2D eigenvalue weighted by molar-refractivity contribution is -0.482. The molecule has 0 rings (SSSR count). The highest BCUT2D eigenvalue weighted by Gasteiger charge is 1.86. The van der Waals surface area contributed by atoms with Crippen molar-refractivity contribution in [2.45, 2.75) is 19.6 Å². The summed E-state index contributed by atoms with van der Waals surface area (Å²) in [6, 6.07) is 0. The molecule has 0 saturated heterocycles. The molecule has 0 aliphatic carbocycles. The number of hydrogen-bond acceptors (Lipinski definition) is 3. The quantitative estimate of drug-likeness (QED) is 0.388. The number of aliphatic hydroxyl groups is 1. The van der Waals surface area contributed by atoms with Crippen LogP contribution < -0.4 is 11.9 Å². The summed E-state index contributed by atoms with van der Waals surface area (Å²) in [6.07, 6.45) is 0.384. The van der Waals surface area contributed by atoms with Gasteiger partial charge in [0.15, 0.2) is 6.23 Å². The minimum atomic E-state index is -0.366. The third kappa shape index (κ3) is 41.2. The Bertz CT molecular complexity index is 26.5. The molecule has 0 amide bonds. The van der Waals surface area contributed by atoms with Gasteiger partial charge in [0.2, 0.25) is 0 Å². The Morgan fingerprint density at radius 2 is 1.62 bits per heavy atom. The van der Waals surface area contributed by atoms with E-state index in [0.717, 1.165) is 6.42 Å². The largest absolute Gasteiger partial charge is 0.870 e. The fourth-order valence-electron chi connectivity index (χ4n) is 0. The molecule has 0 fully saturated rings. The third-order valence-corrected chi connectivity index (χ3v) is 0.471. The molecule has 0 radical (unpaired) electrons. The first-order chi connectivity index (χ1) is 2.27. The van der Waals surface area contributed by atoms with Crippen LogP contribution in [0.25, 0.3) is 0 Å². The van der Waals surface area contributed by atoms with E-state index in [1.807, 2.05) is 6.92 Å². The van der Waals surface area contributed by atoms with E-state index < -0.39 is 0 Å². The third-order valence-electron chi connectivity index (χ3n) is 0.471. The van der Waals surface area contributed by atoms with Crippen molar-refractivity contribution in [2.75, 3.05) is 0 Å². The number of quaternary nitrogens is 2. The summed E-state index contributed by atoms with van der Waals surface area (Å²) in [4.78, 5) is 0. The highest BCUT2D eigenvalue weighted by atomic mass is 16.3. The summed E-state index contributed by atoms with van der Waals surface area (Å²) in [7, 11) is 0. The Balaban J connectivity index is -0.0000000267. The molecular weight excluding hydrogens is 112 g/mol. The first-order valence-corrected chi connectivity index (χ1v) is 1.78. The van der Waals surface area contributed by atoms with Crippen molar-refractivity contribution in [1.29, 1.82) is 0 Å². The molecule has 0 aromatic rings. The second-order valence-electron chi connectivity index (χ2n) is 1.06. The van der Waals surface area contributed by atoms with Crippen molar-refractivity contribution in [3.05, 3.63) is 0 Å². The van der Waals surface area contributed by atoms with Crippen LogP contribution in [0.5, 0.6) is 0 Å². The van der Waals surface area contributed by atoms with Crippen LogP contribution in [0.3, 0.4) is 0 Å². The molecular formula is C3H16N2O3. The van der Waals surface area contributed by atoms with Crippen molar-refractivity contribution in [2.24, 2.45) is 0 Å². The van der Waals surface area contributed by atoms with Gasteiger partial charge in [0.25, 0.3) is 0 Å². The van der Waals surface area contributed by atoms with Gasteiger partial charge in [-0.1, -0.05) is 6.92 Å². The molecule has 0 aromatic carbocycles. The molecule has 0 bridgehead atoms. The van der Waals surface area contributed by atoms with E-state index in [1.54, 1.807) is 0 Å². The Morgan fingerprint density at radius 1 is 1.50 bits per heavy atom. The van der Waals surface area contributed by atoms with Crippen molar-refractivity contribution < 1.29 is 21.8 Å². The van der Waals surface area contributed by atoms with Crippen LogP contribution in [0, 0.1) is 0 Å². The lowest BCUT2D eigenvalue weighted by atomic mass is 10.5. The van der Waals surface area contributed by atoms with Crippen LogP contribution in [0.4, 0.5) is 0 Å². The summed E-state index contributed by atoms with van der Waals surface area (Å²) >= 11 is 0. The maximum Gasteiger partial charge on any atom is 0.185 e. The first-order valence-electron chi connectivity index (χ1n) is 1.78. The maximum absolute atomic E-state index is 8.25. The predicted molar refractivity (Wildman–Crippen MR) is 29.0 cm³/mol. The SMILES string of the molecule is CCC([NH3+])O.[NH4+].[OH-].[OH-]. The summed E-state index contributed by atoms with van der Waals surface area (Å²) in [5.41, 5.74) is 3.31. The summed E-state index contributed by atoms with van der Waals surface area (Å²) in [5, 5.41) is 8.25. The van der Waals surface area contributed by atoms with Crippen molar-refractivity contribution in [3.8, 4) is 0 Å². The Labute approximate surface area is 48.7 Å². The lowest BCUT2D eigenvalue weighted by Gasteiger charge is -1.87. The Kier molecular flexibility index (Phi) is 49.5. The average Bonchev–Trinajstić information content (AvgIpc) is 1.38. The minimum absolute atomic E-state index is 0. The molecule has 0 heterocycles. The lowest BCUT2D eigenvalue weighted by Crippen LogP contribution is -2.60. The molecule has 56 valence electrons. The first kappa shape index (κ1) is 25.0. The van der Waals surface area contributed by atoms with Crippen LogP contribution >= 0.6 is 0 Å². The number of aliphatic hydroxyl groups excluding tert-OH is 1. The molecule has 0 aliphatic heterocycles. The van der Waals surface area contributed by atoms with Gasteiger partial charge in [-0.2, -0.15) is 0 Å². The summed E-state index contributed by atoms with van der Waals surface area (Å²) in [5.74, 6) is 0. The zero-order valence-corrected chi connectivity index (χ0v) is 5.33. The van der Waals surface area contributed by atoms with Crippen molar-refractivity contribution in [1.82, 2.24) is 6.15 Å². The summed E-state index contributed by atoms with van der Waals surface area (Å²) in [6.45, 7) is 1.89. The van der Waals surface area contributed by atoms with Gasteiger partial charge in [0.05, 0.1) is 0 Å². The van der Waals surface area contributed by atoms with E-state index in [0.29, 0.717) is 0 Å². The minimum Gasteiger partial charge on any atom is -0.870 e. The second-order valence-corrected chi connectivity index (χ2v) is 1.06. The van der Waals surface area contributed by atoms with E-state index in [4.69, 9.17) is 5.11 Å².